The van der Waals surface area contributed by atoms with E-state index in [1.54, 1.807) is 0 Å². The molecule has 1 fully saturated rings. The van der Waals surface area contributed by atoms with Gasteiger partial charge in [-0.15, -0.1) is 0 Å². The Morgan fingerprint density at radius 2 is 2.64 bits per heavy atom. The highest BCUT2D eigenvalue weighted by Gasteiger charge is 2.25. The first-order chi connectivity index (χ1) is 5.38. The second-order valence-corrected chi connectivity index (χ2v) is 2.93. The fourth-order valence-corrected chi connectivity index (χ4v) is 1.56. The summed E-state index contributed by atoms with van der Waals surface area (Å²) in [4.78, 5) is 6.28. The van der Waals surface area contributed by atoms with E-state index in [4.69, 9.17) is 0 Å². The van der Waals surface area contributed by atoms with Crippen LogP contribution in [0.5, 0.6) is 0 Å². The van der Waals surface area contributed by atoms with Gasteiger partial charge in [-0.25, -0.2) is 0 Å². The zero-order valence-corrected chi connectivity index (χ0v) is 6.53. The minimum atomic E-state index is 0.383. The summed E-state index contributed by atoms with van der Waals surface area (Å²) in [5, 5.41) is 3.82. The summed E-state index contributed by atoms with van der Waals surface area (Å²) in [5.74, 6) is 0.824. The predicted octanol–water partition coefficient (Wildman–Crippen LogP) is 0.836. The summed E-state index contributed by atoms with van der Waals surface area (Å²) in [6.45, 7) is 1.14. The number of nitrogens with zero attached hydrogens (tertiary/aromatic N) is 3. The third-order valence-corrected chi connectivity index (χ3v) is 2.20. The van der Waals surface area contributed by atoms with Gasteiger partial charge in [0.2, 0.25) is 6.39 Å². The molecule has 2 heterocycles. The van der Waals surface area contributed by atoms with Crippen LogP contribution in [0.3, 0.4) is 0 Å². The summed E-state index contributed by atoms with van der Waals surface area (Å²) < 4.78 is 4.69. The summed E-state index contributed by atoms with van der Waals surface area (Å²) in [6.07, 6.45) is 3.77. The van der Waals surface area contributed by atoms with Crippen molar-refractivity contribution in [3.63, 3.8) is 0 Å². The molecule has 0 N–H and O–H groups in total. The van der Waals surface area contributed by atoms with Gasteiger partial charge in [0.15, 0.2) is 5.82 Å². The van der Waals surface area contributed by atoms with Crippen LogP contribution in [0.1, 0.15) is 24.7 Å². The third-order valence-electron chi connectivity index (χ3n) is 2.20. The van der Waals surface area contributed by atoms with Gasteiger partial charge in [0, 0.05) is 0 Å². The average molecular weight is 153 g/mol. The maximum atomic E-state index is 4.69. The summed E-state index contributed by atoms with van der Waals surface area (Å²) in [5.41, 5.74) is 0. The maximum absolute atomic E-state index is 4.69. The van der Waals surface area contributed by atoms with Crippen molar-refractivity contribution >= 4 is 0 Å². The Balaban J connectivity index is 2.16. The molecule has 0 bridgehead atoms. The van der Waals surface area contributed by atoms with Crippen LogP contribution < -0.4 is 0 Å². The highest BCUT2D eigenvalue weighted by atomic mass is 16.5. The Morgan fingerprint density at radius 1 is 1.73 bits per heavy atom. The van der Waals surface area contributed by atoms with Crippen LogP contribution in [-0.2, 0) is 0 Å². The number of rotatable bonds is 1. The molecule has 4 heteroatoms. The predicted molar refractivity (Wildman–Crippen MR) is 38.9 cm³/mol. The van der Waals surface area contributed by atoms with Crippen molar-refractivity contribution in [3.8, 4) is 0 Å². The van der Waals surface area contributed by atoms with Gasteiger partial charge in [0.25, 0.3) is 0 Å². The van der Waals surface area contributed by atoms with Gasteiger partial charge < -0.3 is 4.52 Å². The molecule has 0 radical (unpaired) electrons. The molecule has 4 nitrogen and oxygen atoms in total. The number of likely N-dealkylation sites (tertiary alicyclic amines) is 1. The Hall–Kier alpha value is -0.900. The molecule has 1 aromatic rings. The lowest BCUT2D eigenvalue weighted by Gasteiger charge is -2.14. The van der Waals surface area contributed by atoms with Crippen LogP contribution in [0, 0.1) is 0 Å². The number of aromatic nitrogens is 2. The molecular weight excluding hydrogens is 142 g/mol. The van der Waals surface area contributed by atoms with E-state index in [1.807, 2.05) is 0 Å². The molecule has 0 aliphatic carbocycles. The molecule has 0 saturated carbocycles. The highest BCUT2D eigenvalue weighted by Crippen LogP contribution is 2.27. The maximum Gasteiger partial charge on any atom is 0.213 e. The van der Waals surface area contributed by atoms with Gasteiger partial charge in [0.1, 0.15) is 0 Å². The molecule has 1 aliphatic heterocycles. The third kappa shape index (κ3) is 1.14. The molecule has 2 rings (SSSR count). The molecule has 1 aliphatic rings. The molecule has 0 amide bonds. The van der Waals surface area contributed by atoms with Crippen LogP contribution in [0.2, 0.25) is 0 Å². The molecule has 11 heavy (non-hydrogen) atoms. The Kier molecular flexibility index (Phi) is 1.62. The Labute approximate surface area is 65.2 Å². The van der Waals surface area contributed by atoms with E-state index < -0.39 is 0 Å². The second-order valence-electron chi connectivity index (χ2n) is 2.93. The molecule has 1 aromatic heterocycles. The smallest absolute Gasteiger partial charge is 0.213 e. The number of hydrogen-bond donors (Lipinski definition) is 0. The molecule has 0 aromatic carbocycles. The lowest BCUT2D eigenvalue weighted by Crippen LogP contribution is -2.18. The average Bonchev–Trinajstić information content (AvgIpc) is 2.55. The first kappa shape index (κ1) is 6.79. The number of hydrogen-bond acceptors (Lipinski definition) is 4. The van der Waals surface area contributed by atoms with Crippen LogP contribution in [0.25, 0.3) is 0 Å². The molecule has 60 valence electrons. The zero-order chi connectivity index (χ0) is 7.68. The van der Waals surface area contributed by atoms with Crippen molar-refractivity contribution in [3.05, 3.63) is 12.2 Å². The van der Waals surface area contributed by atoms with Crippen LogP contribution in [0.15, 0.2) is 10.9 Å². The summed E-state index contributed by atoms with van der Waals surface area (Å²) >= 11 is 0. The van der Waals surface area contributed by atoms with E-state index in [9.17, 15) is 0 Å². The minimum absolute atomic E-state index is 0.383. The fraction of sp³-hybridized carbons (Fsp3) is 0.714. The molecule has 1 atom stereocenters. The van der Waals surface area contributed by atoms with Gasteiger partial charge in [-0.1, -0.05) is 5.16 Å². The van der Waals surface area contributed by atoms with Gasteiger partial charge in [-0.05, 0) is 26.4 Å². The van der Waals surface area contributed by atoms with Gasteiger partial charge in [-0.2, -0.15) is 4.98 Å². The molecule has 0 spiro atoms. The van der Waals surface area contributed by atoms with Gasteiger partial charge >= 0.3 is 0 Å². The van der Waals surface area contributed by atoms with Crippen molar-refractivity contribution in [1.82, 2.24) is 15.0 Å². The van der Waals surface area contributed by atoms with Crippen molar-refractivity contribution in [2.75, 3.05) is 13.6 Å². The molecular formula is C7H11N3O. The zero-order valence-electron chi connectivity index (χ0n) is 6.53. The SMILES string of the molecule is CN1CCC[C@H]1c1ncon1. The van der Waals surface area contributed by atoms with E-state index in [1.165, 1.54) is 12.8 Å². The second kappa shape index (κ2) is 2.62. The van der Waals surface area contributed by atoms with Crippen molar-refractivity contribution < 1.29 is 4.52 Å². The largest absolute Gasteiger partial charge is 0.343 e. The van der Waals surface area contributed by atoms with E-state index in [0.29, 0.717) is 6.04 Å². The normalized spacial score (nSPS) is 26.1. The van der Waals surface area contributed by atoms with Crippen molar-refractivity contribution in [2.45, 2.75) is 18.9 Å². The first-order valence-electron chi connectivity index (χ1n) is 3.84. The molecule has 1 saturated heterocycles. The lowest BCUT2D eigenvalue weighted by molar-refractivity contribution is 0.294. The van der Waals surface area contributed by atoms with E-state index in [-0.39, 0.29) is 0 Å². The van der Waals surface area contributed by atoms with Gasteiger partial charge in [-0.3, -0.25) is 4.90 Å². The lowest BCUT2D eigenvalue weighted by atomic mass is 10.2. The van der Waals surface area contributed by atoms with Crippen LogP contribution in [0.4, 0.5) is 0 Å². The van der Waals surface area contributed by atoms with Crippen LogP contribution >= 0.6 is 0 Å². The van der Waals surface area contributed by atoms with Crippen molar-refractivity contribution in [2.24, 2.45) is 0 Å². The van der Waals surface area contributed by atoms with Gasteiger partial charge in [0.05, 0.1) is 6.04 Å². The Morgan fingerprint density at radius 3 is 3.18 bits per heavy atom. The monoisotopic (exact) mass is 153 g/mol. The first-order valence-corrected chi connectivity index (χ1v) is 3.84. The topological polar surface area (TPSA) is 42.2 Å². The van der Waals surface area contributed by atoms with Crippen molar-refractivity contribution in [1.29, 1.82) is 0 Å². The fourth-order valence-electron chi connectivity index (χ4n) is 1.56. The molecule has 0 unspecified atom stereocenters. The van der Waals surface area contributed by atoms with E-state index >= 15 is 0 Å². The quantitative estimate of drug-likeness (QED) is 0.599. The minimum Gasteiger partial charge on any atom is -0.343 e. The summed E-state index contributed by atoms with van der Waals surface area (Å²) in [7, 11) is 2.09. The van der Waals surface area contributed by atoms with E-state index in [2.05, 4.69) is 26.6 Å². The van der Waals surface area contributed by atoms with E-state index in [0.717, 1.165) is 18.8 Å². The standard InChI is InChI=1S/C7H11N3O/c1-10-4-2-3-6(10)7-8-5-11-9-7/h5-6H,2-4H2,1H3/t6-/m0/s1. The highest BCUT2D eigenvalue weighted by molar-refractivity contribution is 4.93. The Bertz CT molecular complexity index is 222. The van der Waals surface area contributed by atoms with Crippen LogP contribution in [-0.4, -0.2) is 28.6 Å². The summed E-state index contributed by atoms with van der Waals surface area (Å²) in [6, 6.07) is 0.383.